The van der Waals surface area contributed by atoms with Gasteiger partial charge < -0.3 is 5.11 Å². The molecule has 0 saturated heterocycles. The molecule has 2 aromatic heterocycles. The summed E-state index contributed by atoms with van der Waals surface area (Å²) in [4.78, 5) is 7.64. The predicted octanol–water partition coefficient (Wildman–Crippen LogP) is 2.28. The molecular weight excluding hydrogens is 219 g/mol. The largest absolute Gasteiger partial charge is 0.388 e. The molecule has 1 N–H and O–H groups in total. The molecule has 2 aromatic rings. The van der Waals surface area contributed by atoms with Crippen LogP contribution >= 0.6 is 0 Å². The van der Waals surface area contributed by atoms with Gasteiger partial charge in [0.05, 0.1) is 12.3 Å². The van der Waals surface area contributed by atoms with E-state index in [4.69, 9.17) is 0 Å². The minimum absolute atomic E-state index is 0.295. The van der Waals surface area contributed by atoms with Crippen molar-refractivity contribution in [1.82, 2.24) is 9.97 Å². The number of aliphatic hydroxyl groups is 1. The van der Waals surface area contributed by atoms with Crippen molar-refractivity contribution >= 4 is 0 Å². The van der Waals surface area contributed by atoms with Gasteiger partial charge in [0.2, 0.25) is 0 Å². The van der Waals surface area contributed by atoms with Crippen molar-refractivity contribution in [1.29, 1.82) is 0 Å². The lowest BCUT2D eigenvalue weighted by molar-refractivity contribution is 0.163. The molecule has 0 aromatic carbocycles. The van der Waals surface area contributed by atoms with Gasteiger partial charge in [0.15, 0.2) is 0 Å². The molecule has 2 rings (SSSR count). The highest BCUT2D eigenvalue weighted by atomic mass is 19.1. The van der Waals surface area contributed by atoms with Gasteiger partial charge in [-0.05, 0) is 30.5 Å². The van der Waals surface area contributed by atoms with Crippen LogP contribution in [0.3, 0.4) is 0 Å². The van der Waals surface area contributed by atoms with Crippen molar-refractivity contribution in [2.24, 2.45) is 0 Å². The fourth-order valence-electron chi connectivity index (χ4n) is 1.66. The third-order valence-corrected chi connectivity index (χ3v) is 2.59. The van der Waals surface area contributed by atoms with E-state index < -0.39 is 11.9 Å². The predicted molar refractivity (Wildman–Crippen MR) is 61.7 cm³/mol. The normalized spacial score (nSPS) is 12.4. The van der Waals surface area contributed by atoms with E-state index in [9.17, 15) is 9.50 Å². The summed E-state index contributed by atoms with van der Waals surface area (Å²) < 4.78 is 13.3. The molecule has 0 aliphatic heterocycles. The van der Waals surface area contributed by atoms with Gasteiger partial charge in [0.1, 0.15) is 5.82 Å². The first kappa shape index (κ1) is 11.7. The van der Waals surface area contributed by atoms with Crippen LogP contribution in [0.1, 0.15) is 23.7 Å². The van der Waals surface area contributed by atoms with Gasteiger partial charge >= 0.3 is 0 Å². The number of hydrogen-bond donors (Lipinski definition) is 1. The van der Waals surface area contributed by atoms with Crippen LogP contribution in [0.15, 0.2) is 43.0 Å². The summed E-state index contributed by atoms with van der Waals surface area (Å²) in [5.41, 5.74) is 1.32. The maximum Gasteiger partial charge on any atom is 0.147 e. The molecule has 1 atom stereocenters. The van der Waals surface area contributed by atoms with Crippen LogP contribution in [-0.2, 0) is 6.42 Å². The Morgan fingerprint density at radius 2 is 2.00 bits per heavy atom. The zero-order valence-electron chi connectivity index (χ0n) is 9.25. The first-order chi connectivity index (χ1) is 8.27. The van der Waals surface area contributed by atoms with E-state index in [-0.39, 0.29) is 0 Å². The number of rotatable bonds is 4. The summed E-state index contributed by atoms with van der Waals surface area (Å²) in [6, 6.07) is 5.28. The molecule has 1 unspecified atom stereocenters. The summed E-state index contributed by atoms with van der Waals surface area (Å²) in [7, 11) is 0. The van der Waals surface area contributed by atoms with Crippen molar-refractivity contribution in [2.75, 3.05) is 0 Å². The number of pyridine rings is 2. The Morgan fingerprint density at radius 1 is 1.18 bits per heavy atom. The third kappa shape index (κ3) is 3.07. The van der Waals surface area contributed by atoms with Gasteiger partial charge in [-0.2, -0.15) is 0 Å². The lowest BCUT2D eigenvalue weighted by atomic mass is 10.0. The van der Waals surface area contributed by atoms with Gasteiger partial charge in [-0.25, -0.2) is 4.39 Å². The molecule has 0 amide bonds. The van der Waals surface area contributed by atoms with Gasteiger partial charge in [0.25, 0.3) is 0 Å². The highest BCUT2D eigenvalue weighted by Crippen LogP contribution is 2.20. The van der Waals surface area contributed by atoms with E-state index in [1.807, 2.05) is 12.1 Å². The quantitative estimate of drug-likeness (QED) is 0.879. The first-order valence-electron chi connectivity index (χ1n) is 5.44. The maximum atomic E-state index is 13.3. The zero-order chi connectivity index (χ0) is 12.1. The Morgan fingerprint density at radius 3 is 2.71 bits per heavy atom. The monoisotopic (exact) mass is 232 g/mol. The SMILES string of the molecule is OC(CCc1cccnc1)c1ccncc1F. The summed E-state index contributed by atoms with van der Waals surface area (Å²) >= 11 is 0. The smallest absolute Gasteiger partial charge is 0.147 e. The molecule has 0 bridgehead atoms. The minimum Gasteiger partial charge on any atom is -0.388 e. The molecule has 3 nitrogen and oxygen atoms in total. The second kappa shape index (κ2) is 5.50. The third-order valence-electron chi connectivity index (χ3n) is 2.59. The van der Waals surface area contributed by atoms with Crippen LogP contribution in [-0.4, -0.2) is 15.1 Å². The van der Waals surface area contributed by atoms with Gasteiger partial charge in [-0.3, -0.25) is 9.97 Å². The van der Waals surface area contributed by atoms with Crippen molar-refractivity contribution < 1.29 is 9.50 Å². The molecule has 4 heteroatoms. The molecule has 0 radical (unpaired) electrons. The van der Waals surface area contributed by atoms with E-state index in [0.29, 0.717) is 18.4 Å². The average Bonchev–Trinajstić information content (AvgIpc) is 2.38. The van der Waals surface area contributed by atoms with E-state index in [1.54, 1.807) is 12.4 Å². The van der Waals surface area contributed by atoms with Crippen LogP contribution in [0, 0.1) is 5.82 Å². The highest BCUT2D eigenvalue weighted by molar-refractivity contribution is 5.16. The minimum atomic E-state index is -0.807. The Balaban J connectivity index is 1.99. The number of aryl methyl sites for hydroxylation is 1. The Kier molecular flexibility index (Phi) is 3.77. The lowest BCUT2D eigenvalue weighted by Crippen LogP contribution is -2.03. The number of aliphatic hydroxyl groups excluding tert-OH is 1. The topological polar surface area (TPSA) is 46.0 Å². The standard InChI is InChI=1S/C13H13FN2O/c14-12-9-16-7-5-11(12)13(17)4-3-10-2-1-6-15-8-10/h1-2,5-9,13,17H,3-4H2. The number of aromatic nitrogens is 2. The summed E-state index contributed by atoms with van der Waals surface area (Å²) in [5, 5.41) is 9.87. The maximum absolute atomic E-state index is 13.3. The Bertz CT molecular complexity index is 476. The van der Waals surface area contributed by atoms with E-state index in [0.717, 1.165) is 11.8 Å². The molecule has 88 valence electrons. The molecule has 2 heterocycles. The molecule has 0 spiro atoms. The van der Waals surface area contributed by atoms with Crippen LogP contribution in [0.25, 0.3) is 0 Å². The van der Waals surface area contributed by atoms with Gasteiger partial charge in [0, 0.05) is 24.2 Å². The molecule has 17 heavy (non-hydrogen) atoms. The molecule has 0 fully saturated rings. The van der Waals surface area contributed by atoms with Crippen LogP contribution in [0.5, 0.6) is 0 Å². The second-order valence-corrected chi connectivity index (χ2v) is 3.81. The fourth-order valence-corrected chi connectivity index (χ4v) is 1.66. The molecule has 0 saturated carbocycles. The van der Waals surface area contributed by atoms with Crippen molar-refractivity contribution in [3.05, 3.63) is 59.9 Å². The van der Waals surface area contributed by atoms with Gasteiger partial charge in [-0.15, -0.1) is 0 Å². The first-order valence-corrected chi connectivity index (χ1v) is 5.44. The number of hydrogen-bond acceptors (Lipinski definition) is 3. The number of halogens is 1. The van der Waals surface area contributed by atoms with E-state index >= 15 is 0 Å². The molecule has 0 aliphatic carbocycles. The van der Waals surface area contributed by atoms with Crippen molar-refractivity contribution in [3.63, 3.8) is 0 Å². The van der Waals surface area contributed by atoms with Crippen LogP contribution in [0.4, 0.5) is 4.39 Å². The Hall–Kier alpha value is -1.81. The van der Waals surface area contributed by atoms with Crippen LogP contribution in [0.2, 0.25) is 0 Å². The zero-order valence-corrected chi connectivity index (χ0v) is 9.25. The summed E-state index contributed by atoms with van der Waals surface area (Å²) in [5.74, 6) is -0.466. The number of nitrogens with zero attached hydrogens (tertiary/aromatic N) is 2. The van der Waals surface area contributed by atoms with Crippen molar-refractivity contribution in [2.45, 2.75) is 18.9 Å². The van der Waals surface area contributed by atoms with E-state index in [1.165, 1.54) is 12.3 Å². The second-order valence-electron chi connectivity index (χ2n) is 3.81. The van der Waals surface area contributed by atoms with Crippen LogP contribution < -0.4 is 0 Å². The Labute approximate surface area is 99.0 Å². The lowest BCUT2D eigenvalue weighted by Gasteiger charge is -2.11. The summed E-state index contributed by atoms with van der Waals surface area (Å²) in [6.07, 6.45) is 6.36. The van der Waals surface area contributed by atoms with Gasteiger partial charge in [-0.1, -0.05) is 6.07 Å². The average molecular weight is 232 g/mol. The molecular formula is C13H13FN2O. The highest BCUT2D eigenvalue weighted by Gasteiger charge is 2.12. The van der Waals surface area contributed by atoms with Crippen molar-refractivity contribution in [3.8, 4) is 0 Å². The summed E-state index contributed by atoms with van der Waals surface area (Å²) in [6.45, 7) is 0. The fraction of sp³-hybridized carbons (Fsp3) is 0.231. The molecule has 0 aliphatic rings. The van der Waals surface area contributed by atoms with E-state index in [2.05, 4.69) is 9.97 Å².